The van der Waals surface area contributed by atoms with Gasteiger partial charge >= 0.3 is 0 Å². The Balaban J connectivity index is 1.69. The van der Waals surface area contributed by atoms with Crippen molar-refractivity contribution in [1.82, 2.24) is 26.2 Å². The largest absolute Gasteiger partial charge is 0.347 e. The standard InChI is InChI=1S/C29H39N5O7S/c1-20(2)42-19-22(35)16-32-29(41)23(15-21-9-5-3-6-10-21)33-26(38)18-31-25(37)17-30-24(36)11-7-4-8-14-34-27(39)12-13-28(34)40/h3,5-6,9-10,12-13,20,23H,4,7-8,11,14-19H2,1-2H3,(H,30,36)(H,31,37)(H,32,41)(H,33,38). The number of amides is 6. The second-order valence-corrected chi connectivity index (χ2v) is 11.5. The summed E-state index contributed by atoms with van der Waals surface area (Å²) in [4.78, 5) is 85.7. The highest BCUT2D eigenvalue weighted by Crippen LogP contribution is 2.09. The molecule has 0 aliphatic carbocycles. The van der Waals surface area contributed by atoms with Crippen molar-refractivity contribution < 1.29 is 33.6 Å². The van der Waals surface area contributed by atoms with Gasteiger partial charge in [0.05, 0.1) is 25.4 Å². The zero-order valence-electron chi connectivity index (χ0n) is 24.0. The van der Waals surface area contributed by atoms with Crippen LogP contribution in [0.2, 0.25) is 0 Å². The zero-order valence-corrected chi connectivity index (χ0v) is 24.8. The van der Waals surface area contributed by atoms with Gasteiger partial charge in [0, 0.05) is 31.5 Å². The Hall–Kier alpha value is -4.00. The Labute approximate surface area is 249 Å². The predicted molar refractivity (Wildman–Crippen MR) is 158 cm³/mol. The van der Waals surface area contributed by atoms with Gasteiger partial charge < -0.3 is 21.3 Å². The van der Waals surface area contributed by atoms with Crippen LogP contribution in [0.3, 0.4) is 0 Å². The number of hydrogen-bond donors (Lipinski definition) is 4. The first-order valence-electron chi connectivity index (χ1n) is 13.9. The number of rotatable bonds is 19. The maximum absolute atomic E-state index is 12.8. The van der Waals surface area contributed by atoms with E-state index in [0.29, 0.717) is 25.8 Å². The second kappa shape index (κ2) is 18.4. The van der Waals surface area contributed by atoms with Crippen molar-refractivity contribution in [3.63, 3.8) is 0 Å². The van der Waals surface area contributed by atoms with E-state index in [-0.39, 0.29) is 60.4 Å². The summed E-state index contributed by atoms with van der Waals surface area (Å²) in [5, 5.41) is 10.4. The van der Waals surface area contributed by atoms with Crippen molar-refractivity contribution >= 4 is 53.0 Å². The number of imide groups is 1. The van der Waals surface area contributed by atoms with Crippen LogP contribution in [0.1, 0.15) is 45.1 Å². The first-order chi connectivity index (χ1) is 20.0. The summed E-state index contributed by atoms with van der Waals surface area (Å²) in [6, 6.07) is 8.12. The maximum atomic E-state index is 12.8. The average Bonchev–Trinajstić information content (AvgIpc) is 3.28. The zero-order chi connectivity index (χ0) is 30.9. The minimum atomic E-state index is -0.958. The van der Waals surface area contributed by atoms with Crippen LogP contribution in [0.4, 0.5) is 0 Å². The Kier molecular flexibility index (Phi) is 15.0. The molecular formula is C29H39N5O7S. The van der Waals surface area contributed by atoms with Crippen LogP contribution in [0.5, 0.6) is 0 Å². The van der Waals surface area contributed by atoms with Gasteiger partial charge in [0.2, 0.25) is 23.6 Å². The Morgan fingerprint density at radius 1 is 0.786 bits per heavy atom. The third kappa shape index (κ3) is 13.6. The van der Waals surface area contributed by atoms with E-state index >= 15 is 0 Å². The predicted octanol–water partition coefficient (Wildman–Crippen LogP) is 0.259. The number of hydrogen-bond acceptors (Lipinski definition) is 8. The summed E-state index contributed by atoms with van der Waals surface area (Å²) >= 11 is 1.48. The average molecular weight is 602 g/mol. The van der Waals surface area contributed by atoms with Crippen LogP contribution in [0.15, 0.2) is 42.5 Å². The molecule has 0 radical (unpaired) electrons. The third-order valence-corrected chi connectivity index (χ3v) is 7.21. The number of nitrogens with zero attached hydrogens (tertiary/aromatic N) is 1. The molecule has 1 aliphatic heterocycles. The number of carbonyl (C=O) groups is 7. The fourth-order valence-electron chi connectivity index (χ4n) is 3.82. The fourth-order valence-corrected chi connectivity index (χ4v) is 4.44. The van der Waals surface area contributed by atoms with Crippen molar-refractivity contribution in [1.29, 1.82) is 0 Å². The van der Waals surface area contributed by atoms with E-state index in [4.69, 9.17) is 0 Å². The molecule has 6 amide bonds. The van der Waals surface area contributed by atoms with E-state index in [1.165, 1.54) is 23.9 Å². The number of Topliss-reactive ketones (excluding diaryl/α,β-unsaturated/α-hetero) is 1. The molecule has 1 aromatic rings. The number of carbonyl (C=O) groups excluding carboxylic acids is 7. The van der Waals surface area contributed by atoms with Crippen LogP contribution >= 0.6 is 11.8 Å². The van der Waals surface area contributed by atoms with Crippen molar-refractivity contribution in [2.24, 2.45) is 0 Å². The molecule has 2 rings (SSSR count). The molecule has 228 valence electrons. The van der Waals surface area contributed by atoms with Gasteiger partial charge in [0.25, 0.3) is 11.8 Å². The molecule has 42 heavy (non-hydrogen) atoms. The monoisotopic (exact) mass is 601 g/mol. The molecule has 1 heterocycles. The maximum Gasteiger partial charge on any atom is 0.253 e. The summed E-state index contributed by atoms with van der Waals surface area (Å²) < 4.78 is 0. The molecule has 4 N–H and O–H groups in total. The topological polar surface area (TPSA) is 171 Å². The molecule has 1 unspecified atom stereocenters. The van der Waals surface area contributed by atoms with Gasteiger partial charge in [0.15, 0.2) is 5.78 Å². The smallest absolute Gasteiger partial charge is 0.253 e. The number of benzene rings is 1. The summed E-state index contributed by atoms with van der Waals surface area (Å²) in [6.45, 7) is 3.37. The molecule has 0 spiro atoms. The fraction of sp³-hybridized carbons (Fsp3) is 0.483. The van der Waals surface area contributed by atoms with E-state index in [1.807, 2.05) is 44.2 Å². The molecule has 1 aliphatic rings. The highest BCUT2D eigenvalue weighted by molar-refractivity contribution is 8.00. The lowest BCUT2D eigenvalue weighted by molar-refractivity contribution is -0.137. The quantitative estimate of drug-likeness (QED) is 0.129. The van der Waals surface area contributed by atoms with Crippen molar-refractivity contribution in [2.45, 2.75) is 57.2 Å². The molecule has 0 aromatic heterocycles. The van der Waals surface area contributed by atoms with Crippen LogP contribution in [0, 0.1) is 0 Å². The lowest BCUT2D eigenvalue weighted by Gasteiger charge is -2.19. The van der Waals surface area contributed by atoms with Crippen molar-refractivity contribution in [2.75, 3.05) is 31.9 Å². The number of unbranched alkanes of at least 4 members (excludes halogenated alkanes) is 2. The lowest BCUT2D eigenvalue weighted by atomic mass is 10.1. The molecule has 1 aromatic carbocycles. The number of nitrogens with one attached hydrogen (secondary N) is 4. The van der Waals surface area contributed by atoms with E-state index in [1.54, 1.807) is 0 Å². The van der Waals surface area contributed by atoms with Gasteiger partial charge in [-0.05, 0) is 23.7 Å². The molecule has 0 saturated carbocycles. The van der Waals surface area contributed by atoms with E-state index in [2.05, 4.69) is 21.3 Å². The third-order valence-electron chi connectivity index (χ3n) is 6.05. The second-order valence-electron chi connectivity index (χ2n) is 9.95. The number of thioether (sulfide) groups is 1. The summed E-state index contributed by atoms with van der Waals surface area (Å²) in [7, 11) is 0. The molecule has 0 saturated heterocycles. The van der Waals surface area contributed by atoms with Gasteiger partial charge in [-0.1, -0.05) is 50.6 Å². The minimum Gasteiger partial charge on any atom is -0.347 e. The van der Waals surface area contributed by atoms with Crippen LogP contribution < -0.4 is 21.3 Å². The lowest BCUT2D eigenvalue weighted by Crippen LogP contribution is -2.51. The Morgan fingerprint density at radius 3 is 2.10 bits per heavy atom. The van der Waals surface area contributed by atoms with Gasteiger partial charge in [-0.3, -0.25) is 38.5 Å². The van der Waals surface area contributed by atoms with Crippen LogP contribution in [-0.2, 0) is 40.0 Å². The molecule has 13 heteroatoms. The highest BCUT2D eigenvalue weighted by atomic mass is 32.2. The van der Waals surface area contributed by atoms with Crippen LogP contribution in [0.25, 0.3) is 0 Å². The molecular weight excluding hydrogens is 562 g/mol. The molecule has 1 atom stereocenters. The van der Waals surface area contributed by atoms with E-state index < -0.39 is 30.3 Å². The number of ketones is 1. The van der Waals surface area contributed by atoms with Gasteiger partial charge in [-0.15, -0.1) is 0 Å². The van der Waals surface area contributed by atoms with E-state index in [9.17, 15) is 33.6 Å². The highest BCUT2D eigenvalue weighted by Gasteiger charge is 2.23. The summed E-state index contributed by atoms with van der Waals surface area (Å²) in [5.74, 6) is -2.56. The van der Waals surface area contributed by atoms with Crippen molar-refractivity contribution in [3.05, 3.63) is 48.0 Å². The summed E-state index contributed by atoms with van der Waals surface area (Å²) in [6.07, 6.45) is 4.53. The normalized spacial score (nSPS) is 13.2. The van der Waals surface area contributed by atoms with Gasteiger partial charge in [-0.25, -0.2) is 0 Å². The molecule has 0 fully saturated rings. The van der Waals surface area contributed by atoms with E-state index in [0.717, 1.165) is 10.5 Å². The molecule has 12 nitrogen and oxygen atoms in total. The minimum absolute atomic E-state index is 0.131. The molecule has 0 bridgehead atoms. The Morgan fingerprint density at radius 2 is 1.43 bits per heavy atom. The Bertz CT molecular complexity index is 1140. The van der Waals surface area contributed by atoms with Crippen molar-refractivity contribution in [3.8, 4) is 0 Å². The first kappa shape index (κ1) is 34.2. The van der Waals surface area contributed by atoms with Gasteiger partial charge in [-0.2, -0.15) is 11.8 Å². The van der Waals surface area contributed by atoms with Gasteiger partial charge in [0.1, 0.15) is 6.04 Å². The SMILES string of the molecule is CC(C)SCC(=O)CNC(=O)C(Cc1ccccc1)NC(=O)CNC(=O)CNC(=O)CCCCCN1C(=O)C=CC1=O. The van der Waals surface area contributed by atoms with Crippen LogP contribution in [-0.4, -0.2) is 89.3 Å². The first-order valence-corrected chi connectivity index (χ1v) is 14.9. The summed E-state index contributed by atoms with van der Waals surface area (Å²) in [5.41, 5.74) is 0.807.